The Balaban J connectivity index is 2.07. The van der Waals surface area contributed by atoms with Crippen molar-refractivity contribution >= 4 is 5.91 Å². The van der Waals surface area contributed by atoms with Crippen LogP contribution in [0.25, 0.3) is 0 Å². The molecule has 0 saturated carbocycles. The number of imidazole rings is 1. The zero-order valence-corrected chi connectivity index (χ0v) is 12.3. The Labute approximate surface area is 119 Å². The molecule has 4 heteroatoms. The number of nitrogens with one attached hydrogen (secondary N) is 1. The standard InChI is InChI=1S/C16H21N3O/c1-4-14(10-19-8-7-17-11-19)18-16(20)15-9-12(2)5-6-13(15)3/h5-9,11,14H,4,10H2,1-3H3,(H,18,20)/t14-/m1/s1. The number of aromatic nitrogens is 2. The van der Waals surface area contributed by atoms with Crippen LogP contribution in [-0.2, 0) is 6.54 Å². The van der Waals surface area contributed by atoms with Crippen LogP contribution in [0.4, 0.5) is 0 Å². The zero-order valence-electron chi connectivity index (χ0n) is 12.3. The quantitative estimate of drug-likeness (QED) is 0.909. The Bertz CT molecular complexity index is 575. The van der Waals surface area contributed by atoms with E-state index in [0.717, 1.165) is 29.7 Å². The van der Waals surface area contributed by atoms with Gasteiger partial charge in [-0.1, -0.05) is 24.6 Å². The first kappa shape index (κ1) is 14.3. The molecule has 20 heavy (non-hydrogen) atoms. The predicted molar refractivity (Wildman–Crippen MR) is 79.7 cm³/mol. The van der Waals surface area contributed by atoms with E-state index < -0.39 is 0 Å². The maximum Gasteiger partial charge on any atom is 0.251 e. The van der Waals surface area contributed by atoms with Gasteiger partial charge in [-0.05, 0) is 31.9 Å². The van der Waals surface area contributed by atoms with E-state index >= 15 is 0 Å². The van der Waals surface area contributed by atoms with Crippen LogP contribution in [0.2, 0.25) is 0 Å². The number of amides is 1. The first-order valence-electron chi connectivity index (χ1n) is 6.94. The highest BCUT2D eigenvalue weighted by Crippen LogP contribution is 2.11. The van der Waals surface area contributed by atoms with Gasteiger partial charge >= 0.3 is 0 Å². The first-order chi connectivity index (χ1) is 9.60. The highest BCUT2D eigenvalue weighted by atomic mass is 16.1. The number of hydrogen-bond donors (Lipinski definition) is 1. The molecule has 0 unspecified atom stereocenters. The average Bonchev–Trinajstić information content (AvgIpc) is 2.93. The van der Waals surface area contributed by atoms with Crippen molar-refractivity contribution in [3.05, 3.63) is 53.6 Å². The topological polar surface area (TPSA) is 46.9 Å². The number of benzene rings is 1. The molecular weight excluding hydrogens is 250 g/mol. The molecule has 1 heterocycles. The Morgan fingerprint density at radius 1 is 1.40 bits per heavy atom. The largest absolute Gasteiger partial charge is 0.348 e. The van der Waals surface area contributed by atoms with E-state index in [0.29, 0.717) is 0 Å². The van der Waals surface area contributed by atoms with E-state index in [1.807, 2.05) is 42.8 Å². The van der Waals surface area contributed by atoms with E-state index in [1.165, 1.54) is 0 Å². The Morgan fingerprint density at radius 3 is 2.85 bits per heavy atom. The van der Waals surface area contributed by atoms with Crippen molar-refractivity contribution in [3.8, 4) is 0 Å². The molecule has 0 saturated heterocycles. The van der Waals surface area contributed by atoms with Gasteiger partial charge in [0.2, 0.25) is 0 Å². The van der Waals surface area contributed by atoms with Crippen LogP contribution in [0.5, 0.6) is 0 Å². The molecule has 0 aliphatic carbocycles. The smallest absolute Gasteiger partial charge is 0.251 e. The summed E-state index contributed by atoms with van der Waals surface area (Å²) in [6.45, 7) is 6.78. The minimum Gasteiger partial charge on any atom is -0.348 e. The van der Waals surface area contributed by atoms with Crippen molar-refractivity contribution in [2.45, 2.75) is 39.8 Å². The van der Waals surface area contributed by atoms with Gasteiger partial charge in [0.1, 0.15) is 0 Å². The highest BCUT2D eigenvalue weighted by Gasteiger charge is 2.14. The maximum atomic E-state index is 12.4. The van der Waals surface area contributed by atoms with Crippen LogP contribution in [0, 0.1) is 13.8 Å². The SMILES string of the molecule is CC[C@H](Cn1ccnc1)NC(=O)c1cc(C)ccc1C. The van der Waals surface area contributed by atoms with Crippen LogP contribution < -0.4 is 5.32 Å². The van der Waals surface area contributed by atoms with Crippen molar-refractivity contribution in [2.75, 3.05) is 0 Å². The number of rotatable bonds is 5. The van der Waals surface area contributed by atoms with Gasteiger partial charge in [0, 0.05) is 30.5 Å². The molecule has 0 fully saturated rings. The van der Waals surface area contributed by atoms with Gasteiger partial charge in [-0.3, -0.25) is 4.79 Å². The van der Waals surface area contributed by atoms with E-state index in [9.17, 15) is 4.79 Å². The van der Waals surface area contributed by atoms with Crippen LogP contribution in [0.1, 0.15) is 34.8 Å². The van der Waals surface area contributed by atoms with Gasteiger partial charge in [-0.25, -0.2) is 4.98 Å². The van der Waals surface area contributed by atoms with Crippen molar-refractivity contribution in [1.29, 1.82) is 0 Å². The zero-order chi connectivity index (χ0) is 14.5. The normalized spacial score (nSPS) is 12.2. The third kappa shape index (κ3) is 3.47. The minimum atomic E-state index is -0.00170. The van der Waals surface area contributed by atoms with E-state index in [2.05, 4.69) is 17.2 Å². The third-order valence-corrected chi connectivity index (χ3v) is 3.46. The molecule has 0 spiro atoms. The van der Waals surface area contributed by atoms with Crippen LogP contribution >= 0.6 is 0 Å². The second-order valence-electron chi connectivity index (χ2n) is 5.16. The second-order valence-corrected chi connectivity index (χ2v) is 5.16. The van der Waals surface area contributed by atoms with E-state index in [1.54, 1.807) is 12.5 Å². The van der Waals surface area contributed by atoms with Crippen molar-refractivity contribution in [2.24, 2.45) is 0 Å². The summed E-state index contributed by atoms with van der Waals surface area (Å²) in [5, 5.41) is 3.10. The molecule has 4 nitrogen and oxygen atoms in total. The second kappa shape index (κ2) is 6.37. The number of carbonyl (C=O) groups is 1. The molecule has 0 aliphatic rings. The summed E-state index contributed by atoms with van der Waals surface area (Å²) in [6.07, 6.45) is 6.31. The fraction of sp³-hybridized carbons (Fsp3) is 0.375. The lowest BCUT2D eigenvalue weighted by molar-refractivity contribution is 0.0931. The lowest BCUT2D eigenvalue weighted by Crippen LogP contribution is -2.37. The first-order valence-corrected chi connectivity index (χ1v) is 6.94. The fourth-order valence-electron chi connectivity index (χ4n) is 2.17. The van der Waals surface area contributed by atoms with Crippen LogP contribution in [-0.4, -0.2) is 21.5 Å². The molecule has 0 bridgehead atoms. The number of aryl methyl sites for hydroxylation is 2. The van der Waals surface area contributed by atoms with E-state index in [4.69, 9.17) is 0 Å². The van der Waals surface area contributed by atoms with Gasteiger partial charge in [0.05, 0.1) is 6.33 Å². The molecule has 1 atom stereocenters. The predicted octanol–water partition coefficient (Wildman–Crippen LogP) is 2.71. The molecule has 2 rings (SSSR count). The molecule has 106 valence electrons. The van der Waals surface area contributed by atoms with Gasteiger partial charge in [0.25, 0.3) is 5.91 Å². The number of hydrogen-bond acceptors (Lipinski definition) is 2. The summed E-state index contributed by atoms with van der Waals surface area (Å²) in [7, 11) is 0. The number of nitrogens with zero attached hydrogens (tertiary/aromatic N) is 2. The van der Waals surface area contributed by atoms with Crippen molar-refractivity contribution < 1.29 is 4.79 Å². The number of carbonyl (C=O) groups excluding carboxylic acids is 1. The summed E-state index contributed by atoms with van der Waals surface area (Å²) >= 11 is 0. The average molecular weight is 271 g/mol. The van der Waals surface area contributed by atoms with Gasteiger partial charge in [-0.2, -0.15) is 0 Å². The minimum absolute atomic E-state index is 0.00170. The molecule has 0 aliphatic heterocycles. The Kier molecular flexibility index (Phi) is 4.56. The van der Waals surface area contributed by atoms with Gasteiger partial charge in [0.15, 0.2) is 0 Å². The van der Waals surface area contributed by atoms with Crippen LogP contribution in [0.3, 0.4) is 0 Å². The summed E-state index contributed by atoms with van der Waals surface area (Å²) in [6, 6.07) is 6.06. The van der Waals surface area contributed by atoms with Gasteiger partial charge < -0.3 is 9.88 Å². The molecule has 1 N–H and O–H groups in total. The highest BCUT2D eigenvalue weighted by molar-refractivity contribution is 5.96. The Morgan fingerprint density at radius 2 is 2.20 bits per heavy atom. The van der Waals surface area contributed by atoms with Crippen molar-refractivity contribution in [1.82, 2.24) is 14.9 Å². The van der Waals surface area contributed by atoms with Gasteiger partial charge in [-0.15, -0.1) is 0 Å². The lowest BCUT2D eigenvalue weighted by Gasteiger charge is -2.18. The summed E-state index contributed by atoms with van der Waals surface area (Å²) < 4.78 is 1.98. The Hall–Kier alpha value is -2.10. The van der Waals surface area contributed by atoms with Crippen molar-refractivity contribution in [3.63, 3.8) is 0 Å². The summed E-state index contributed by atoms with van der Waals surface area (Å²) in [5.74, 6) is -0.00170. The summed E-state index contributed by atoms with van der Waals surface area (Å²) in [4.78, 5) is 16.4. The van der Waals surface area contributed by atoms with E-state index in [-0.39, 0.29) is 11.9 Å². The summed E-state index contributed by atoms with van der Waals surface area (Å²) in [5.41, 5.74) is 2.86. The molecule has 1 aromatic carbocycles. The molecular formula is C16H21N3O. The molecule has 2 aromatic rings. The monoisotopic (exact) mass is 271 g/mol. The fourth-order valence-corrected chi connectivity index (χ4v) is 2.17. The molecule has 0 radical (unpaired) electrons. The third-order valence-electron chi connectivity index (χ3n) is 3.46. The lowest BCUT2D eigenvalue weighted by atomic mass is 10.0. The molecule has 1 amide bonds. The maximum absolute atomic E-state index is 12.4. The molecule has 1 aromatic heterocycles. The van der Waals surface area contributed by atoms with Crippen LogP contribution in [0.15, 0.2) is 36.9 Å².